The van der Waals surface area contributed by atoms with Gasteiger partial charge in [-0.1, -0.05) is 23.2 Å². The average Bonchev–Trinajstić information content (AvgIpc) is 2.49. The first-order valence-corrected chi connectivity index (χ1v) is 7.68. The summed E-state index contributed by atoms with van der Waals surface area (Å²) in [5.41, 5.74) is 1.53. The fraction of sp³-hybridized carbons (Fsp3) is 0.250. The molecule has 0 aliphatic carbocycles. The number of benzene rings is 2. The zero-order chi connectivity index (χ0) is 15.9. The molecule has 4 N–H and O–H groups in total. The first kappa shape index (κ1) is 23.1. The molecule has 0 saturated heterocycles. The molecule has 0 aliphatic rings. The van der Waals surface area contributed by atoms with Gasteiger partial charge in [-0.25, -0.2) is 0 Å². The minimum absolute atomic E-state index is 0. The van der Waals surface area contributed by atoms with Gasteiger partial charge in [-0.15, -0.1) is 24.8 Å². The van der Waals surface area contributed by atoms with Crippen LogP contribution in [0.3, 0.4) is 0 Å². The van der Waals surface area contributed by atoms with E-state index in [4.69, 9.17) is 23.2 Å². The van der Waals surface area contributed by atoms with Crippen molar-refractivity contribution in [3.63, 3.8) is 0 Å². The number of hydrogen-bond donors (Lipinski definition) is 4. The second-order valence-electron chi connectivity index (χ2n) is 4.90. The Kier molecular flexibility index (Phi) is 11.2. The van der Waals surface area contributed by atoms with Crippen LogP contribution in [-0.4, -0.2) is 23.3 Å². The van der Waals surface area contributed by atoms with Gasteiger partial charge in [0, 0.05) is 47.4 Å². The maximum atomic E-state index is 9.69. The van der Waals surface area contributed by atoms with Gasteiger partial charge in [-0.3, -0.25) is 0 Å². The van der Waals surface area contributed by atoms with E-state index < -0.39 is 0 Å². The van der Waals surface area contributed by atoms with Crippen molar-refractivity contribution in [2.45, 2.75) is 13.1 Å². The lowest BCUT2D eigenvalue weighted by molar-refractivity contribution is 0.461. The molecule has 0 aromatic heterocycles. The molecule has 0 atom stereocenters. The fourth-order valence-electron chi connectivity index (χ4n) is 2.01. The highest BCUT2D eigenvalue weighted by molar-refractivity contribution is 6.31. The zero-order valence-electron chi connectivity index (χ0n) is 12.8. The summed E-state index contributed by atoms with van der Waals surface area (Å²) in [6.45, 7) is 2.51. The van der Waals surface area contributed by atoms with Crippen LogP contribution in [0.1, 0.15) is 11.1 Å². The minimum atomic E-state index is 0. The quantitative estimate of drug-likeness (QED) is 0.515. The molecule has 0 aliphatic heterocycles. The lowest BCUT2D eigenvalue weighted by atomic mass is 10.2. The fourth-order valence-corrected chi connectivity index (χ4v) is 2.40. The first-order chi connectivity index (χ1) is 10.6. The number of nitrogens with one attached hydrogen (secondary N) is 2. The molecule has 4 nitrogen and oxygen atoms in total. The monoisotopic (exact) mass is 412 g/mol. The summed E-state index contributed by atoms with van der Waals surface area (Å²) in [7, 11) is 0. The number of phenolic OH excluding ortho intramolecular Hbond substituents is 2. The number of aromatic hydroxyl groups is 2. The van der Waals surface area contributed by atoms with Crippen LogP contribution >= 0.6 is 48.0 Å². The van der Waals surface area contributed by atoms with Crippen molar-refractivity contribution in [1.29, 1.82) is 0 Å². The second kappa shape index (κ2) is 11.6. The first-order valence-electron chi connectivity index (χ1n) is 6.92. The number of hydrogen-bond acceptors (Lipinski definition) is 4. The van der Waals surface area contributed by atoms with E-state index in [-0.39, 0.29) is 36.3 Å². The van der Waals surface area contributed by atoms with E-state index >= 15 is 0 Å². The molecule has 0 spiro atoms. The van der Waals surface area contributed by atoms with Gasteiger partial charge in [0.05, 0.1) is 0 Å². The van der Waals surface area contributed by atoms with Gasteiger partial charge < -0.3 is 20.8 Å². The molecule has 24 heavy (non-hydrogen) atoms. The Balaban J connectivity index is 0.00000264. The molecule has 0 bridgehead atoms. The molecule has 0 amide bonds. The summed E-state index contributed by atoms with van der Waals surface area (Å²) < 4.78 is 0. The maximum absolute atomic E-state index is 9.69. The van der Waals surface area contributed by atoms with Crippen LogP contribution in [0.2, 0.25) is 10.0 Å². The molecule has 0 fully saturated rings. The lowest BCUT2D eigenvalue weighted by Gasteiger charge is -2.09. The van der Waals surface area contributed by atoms with Crippen LogP contribution < -0.4 is 10.6 Å². The van der Waals surface area contributed by atoms with E-state index in [2.05, 4.69) is 10.6 Å². The SMILES string of the molecule is Cl.Cl.Oc1ccc(Cl)cc1CNCCNCc1cc(Cl)ccc1O. The Morgan fingerprint density at radius 2 is 1.08 bits per heavy atom. The minimum Gasteiger partial charge on any atom is -0.508 e. The standard InChI is InChI=1S/C16H18Cl2N2O2.2ClH/c17-13-1-3-15(21)11(7-13)9-19-5-6-20-10-12-8-14(18)2-4-16(12)22;;/h1-4,7-8,19-22H,5-6,9-10H2;2*1H. The highest BCUT2D eigenvalue weighted by Gasteiger charge is 2.03. The Bertz CT molecular complexity index is 586. The van der Waals surface area contributed by atoms with Gasteiger partial charge in [-0.2, -0.15) is 0 Å². The Morgan fingerprint density at radius 3 is 1.46 bits per heavy atom. The topological polar surface area (TPSA) is 64.5 Å². The van der Waals surface area contributed by atoms with Crippen LogP contribution in [0.25, 0.3) is 0 Å². The van der Waals surface area contributed by atoms with Crippen molar-refractivity contribution in [1.82, 2.24) is 10.6 Å². The van der Waals surface area contributed by atoms with Gasteiger partial charge in [0.2, 0.25) is 0 Å². The zero-order valence-corrected chi connectivity index (χ0v) is 15.9. The maximum Gasteiger partial charge on any atom is 0.120 e. The number of halogens is 4. The van der Waals surface area contributed by atoms with Crippen LogP contribution in [0.4, 0.5) is 0 Å². The third-order valence-corrected chi connectivity index (χ3v) is 3.66. The highest BCUT2D eigenvalue weighted by Crippen LogP contribution is 2.21. The van der Waals surface area contributed by atoms with Gasteiger partial charge in [0.25, 0.3) is 0 Å². The normalized spacial score (nSPS) is 9.92. The van der Waals surface area contributed by atoms with Gasteiger partial charge in [0.1, 0.15) is 11.5 Å². The van der Waals surface area contributed by atoms with E-state index in [1.54, 1.807) is 36.4 Å². The Labute approximate surface area is 164 Å². The summed E-state index contributed by atoms with van der Waals surface area (Å²) in [6.07, 6.45) is 0. The Hall–Kier alpha value is -0.880. The number of phenols is 2. The smallest absolute Gasteiger partial charge is 0.120 e. The molecule has 0 heterocycles. The van der Waals surface area contributed by atoms with Crippen LogP contribution in [0.15, 0.2) is 36.4 Å². The van der Waals surface area contributed by atoms with Gasteiger partial charge in [0.15, 0.2) is 0 Å². The molecule has 0 saturated carbocycles. The van der Waals surface area contributed by atoms with Crippen molar-refractivity contribution >= 4 is 48.0 Å². The van der Waals surface area contributed by atoms with Crippen LogP contribution in [-0.2, 0) is 13.1 Å². The van der Waals surface area contributed by atoms with E-state index in [1.165, 1.54) is 0 Å². The highest BCUT2D eigenvalue weighted by atomic mass is 35.5. The average molecular weight is 414 g/mol. The van der Waals surface area contributed by atoms with Crippen LogP contribution in [0.5, 0.6) is 11.5 Å². The molecule has 134 valence electrons. The predicted molar refractivity (Wildman–Crippen MR) is 104 cm³/mol. The van der Waals surface area contributed by atoms with Gasteiger partial charge in [-0.05, 0) is 36.4 Å². The van der Waals surface area contributed by atoms with Crippen molar-refractivity contribution in [3.05, 3.63) is 57.6 Å². The molecule has 0 radical (unpaired) electrons. The summed E-state index contributed by atoms with van der Waals surface area (Å²) >= 11 is 11.8. The molecule has 2 rings (SSSR count). The van der Waals surface area contributed by atoms with Crippen LogP contribution in [0, 0.1) is 0 Å². The van der Waals surface area contributed by atoms with E-state index in [1.807, 2.05) is 0 Å². The van der Waals surface area contributed by atoms with Crippen molar-refractivity contribution in [3.8, 4) is 11.5 Å². The third-order valence-electron chi connectivity index (χ3n) is 3.19. The number of rotatable bonds is 7. The molecule has 8 heteroatoms. The molecule has 0 unspecified atom stereocenters. The molecule has 2 aromatic carbocycles. The lowest BCUT2D eigenvalue weighted by Crippen LogP contribution is -2.26. The van der Waals surface area contributed by atoms with Crippen molar-refractivity contribution in [2.24, 2.45) is 0 Å². The van der Waals surface area contributed by atoms with E-state index in [0.29, 0.717) is 36.2 Å². The molecular weight excluding hydrogens is 394 g/mol. The van der Waals surface area contributed by atoms with E-state index in [9.17, 15) is 10.2 Å². The summed E-state index contributed by atoms with van der Waals surface area (Å²) in [6, 6.07) is 9.94. The van der Waals surface area contributed by atoms with E-state index in [0.717, 1.165) is 11.1 Å². The molecular formula is C16H20Cl4N2O2. The summed E-state index contributed by atoms with van der Waals surface area (Å²) in [5.74, 6) is 0.461. The summed E-state index contributed by atoms with van der Waals surface area (Å²) in [5, 5.41) is 27.0. The third kappa shape index (κ3) is 7.34. The van der Waals surface area contributed by atoms with Crippen molar-refractivity contribution < 1.29 is 10.2 Å². The van der Waals surface area contributed by atoms with Gasteiger partial charge >= 0.3 is 0 Å². The Morgan fingerprint density at radius 1 is 0.708 bits per heavy atom. The largest absolute Gasteiger partial charge is 0.508 e. The second-order valence-corrected chi connectivity index (χ2v) is 5.77. The summed E-state index contributed by atoms with van der Waals surface area (Å²) in [4.78, 5) is 0. The van der Waals surface area contributed by atoms with Crippen molar-refractivity contribution in [2.75, 3.05) is 13.1 Å². The predicted octanol–water partition coefficient (Wildman–Crippen LogP) is 4.13. The molecule has 2 aromatic rings.